The molecule has 1 amide bonds. The van der Waals surface area contributed by atoms with Crippen molar-refractivity contribution in [2.24, 2.45) is 11.7 Å². The summed E-state index contributed by atoms with van der Waals surface area (Å²) in [4.78, 5) is 14.0. The molecule has 0 unspecified atom stereocenters. The number of nitrogens with two attached hydrogens (primary N) is 1. The van der Waals surface area contributed by atoms with Crippen LogP contribution in [0.2, 0.25) is 0 Å². The van der Waals surface area contributed by atoms with E-state index >= 15 is 0 Å². The molecule has 0 aromatic heterocycles. The number of benzene rings is 1. The summed E-state index contributed by atoms with van der Waals surface area (Å²) in [6, 6.07) is 3.13. The van der Waals surface area contributed by atoms with E-state index in [2.05, 4.69) is 15.9 Å². The number of nitrogens with zero attached hydrogens (tertiary/aromatic N) is 1. The first kappa shape index (κ1) is 16.3. The Kier molecular flexibility index (Phi) is 4.93. The SMILES string of the molecule is NCC1CCN(C(=O)c2cc(C(F)(F)F)ccc2Br)CC1. The van der Waals surface area contributed by atoms with Crippen LogP contribution in [-0.4, -0.2) is 30.4 Å². The first-order valence-corrected chi connectivity index (χ1v) is 7.48. The number of amides is 1. The van der Waals surface area contributed by atoms with Crippen molar-refractivity contribution in [2.45, 2.75) is 19.0 Å². The minimum Gasteiger partial charge on any atom is -0.339 e. The number of likely N-dealkylation sites (tertiary alicyclic amines) is 1. The Labute approximate surface area is 129 Å². The molecule has 21 heavy (non-hydrogen) atoms. The van der Waals surface area contributed by atoms with E-state index in [1.165, 1.54) is 6.07 Å². The molecule has 0 bridgehead atoms. The third-order valence-corrected chi connectivity index (χ3v) is 4.45. The summed E-state index contributed by atoms with van der Waals surface area (Å²) in [7, 11) is 0. The Morgan fingerprint density at radius 2 is 1.95 bits per heavy atom. The van der Waals surface area contributed by atoms with Crippen LogP contribution in [0, 0.1) is 5.92 Å². The summed E-state index contributed by atoms with van der Waals surface area (Å²) < 4.78 is 38.6. The van der Waals surface area contributed by atoms with Gasteiger partial charge in [-0.3, -0.25) is 4.79 Å². The number of carbonyl (C=O) groups excluding carboxylic acids is 1. The Morgan fingerprint density at radius 3 is 2.48 bits per heavy atom. The zero-order valence-corrected chi connectivity index (χ0v) is 12.9. The molecule has 2 rings (SSSR count). The normalized spacial score (nSPS) is 17.1. The molecule has 1 aromatic rings. The molecule has 0 saturated carbocycles. The topological polar surface area (TPSA) is 46.3 Å². The molecule has 3 nitrogen and oxygen atoms in total. The smallest absolute Gasteiger partial charge is 0.339 e. The van der Waals surface area contributed by atoms with Gasteiger partial charge < -0.3 is 10.6 Å². The highest BCUT2D eigenvalue weighted by atomic mass is 79.9. The molecule has 0 spiro atoms. The zero-order chi connectivity index (χ0) is 15.6. The van der Waals surface area contributed by atoms with E-state index in [1.54, 1.807) is 4.90 Å². The van der Waals surface area contributed by atoms with Crippen LogP contribution in [0.4, 0.5) is 13.2 Å². The van der Waals surface area contributed by atoms with Crippen LogP contribution in [0.1, 0.15) is 28.8 Å². The maximum Gasteiger partial charge on any atom is 0.416 e. The minimum atomic E-state index is -4.46. The number of hydrogen-bond donors (Lipinski definition) is 1. The van der Waals surface area contributed by atoms with Crippen molar-refractivity contribution >= 4 is 21.8 Å². The second-order valence-corrected chi connectivity index (χ2v) is 6.02. The molecule has 1 saturated heterocycles. The van der Waals surface area contributed by atoms with Crippen molar-refractivity contribution in [2.75, 3.05) is 19.6 Å². The standard InChI is InChI=1S/C14H16BrF3N2O/c15-12-2-1-10(14(16,17)18)7-11(12)13(21)20-5-3-9(8-19)4-6-20/h1-2,7,9H,3-6,8,19H2. The third kappa shape index (κ3) is 3.77. The van der Waals surface area contributed by atoms with E-state index in [0.29, 0.717) is 30.0 Å². The van der Waals surface area contributed by atoms with Gasteiger partial charge in [-0.1, -0.05) is 0 Å². The van der Waals surface area contributed by atoms with Gasteiger partial charge in [0, 0.05) is 17.6 Å². The molecule has 1 aliphatic heterocycles. The van der Waals surface area contributed by atoms with E-state index in [9.17, 15) is 18.0 Å². The van der Waals surface area contributed by atoms with Crippen LogP contribution in [0.25, 0.3) is 0 Å². The molecule has 7 heteroatoms. The number of carbonyl (C=O) groups is 1. The lowest BCUT2D eigenvalue weighted by molar-refractivity contribution is -0.137. The molecule has 1 fully saturated rings. The summed E-state index contributed by atoms with van der Waals surface area (Å²) in [6.45, 7) is 1.64. The summed E-state index contributed by atoms with van der Waals surface area (Å²) in [5, 5.41) is 0. The van der Waals surface area contributed by atoms with Crippen molar-refractivity contribution in [3.05, 3.63) is 33.8 Å². The van der Waals surface area contributed by atoms with Gasteiger partial charge in [-0.05, 0) is 59.4 Å². The van der Waals surface area contributed by atoms with Gasteiger partial charge in [0.25, 0.3) is 5.91 Å². The molecule has 116 valence electrons. The van der Waals surface area contributed by atoms with E-state index in [4.69, 9.17) is 5.73 Å². The van der Waals surface area contributed by atoms with Crippen LogP contribution in [0.5, 0.6) is 0 Å². The van der Waals surface area contributed by atoms with Crippen LogP contribution in [0.15, 0.2) is 22.7 Å². The summed E-state index contributed by atoms with van der Waals surface area (Å²) in [5.41, 5.74) is 4.83. The van der Waals surface area contributed by atoms with E-state index < -0.39 is 11.7 Å². The molecular formula is C14H16BrF3N2O. The minimum absolute atomic E-state index is 0.0519. The van der Waals surface area contributed by atoms with Crippen molar-refractivity contribution in [3.63, 3.8) is 0 Å². The van der Waals surface area contributed by atoms with Crippen molar-refractivity contribution < 1.29 is 18.0 Å². The molecule has 0 aliphatic carbocycles. The number of halogens is 4. The largest absolute Gasteiger partial charge is 0.416 e. The third-order valence-electron chi connectivity index (χ3n) is 3.76. The fourth-order valence-electron chi connectivity index (χ4n) is 2.41. The number of piperidine rings is 1. The first-order chi connectivity index (χ1) is 9.82. The average molecular weight is 365 g/mol. The van der Waals surface area contributed by atoms with Crippen molar-refractivity contribution in [1.82, 2.24) is 4.90 Å². The summed E-state index contributed by atoms with van der Waals surface area (Å²) in [6.07, 6.45) is -2.88. The molecule has 0 atom stereocenters. The second-order valence-electron chi connectivity index (χ2n) is 5.16. The molecule has 1 aromatic carbocycles. The highest BCUT2D eigenvalue weighted by molar-refractivity contribution is 9.10. The van der Waals surface area contributed by atoms with Gasteiger partial charge in [-0.15, -0.1) is 0 Å². The molecule has 1 heterocycles. The Balaban J connectivity index is 2.19. The van der Waals surface area contributed by atoms with Gasteiger partial charge >= 0.3 is 6.18 Å². The lowest BCUT2D eigenvalue weighted by Crippen LogP contribution is -2.40. The van der Waals surface area contributed by atoms with Gasteiger partial charge in [-0.2, -0.15) is 13.2 Å². The number of rotatable bonds is 2. The van der Waals surface area contributed by atoms with Crippen LogP contribution in [-0.2, 0) is 6.18 Å². The van der Waals surface area contributed by atoms with Crippen LogP contribution < -0.4 is 5.73 Å². The Bertz CT molecular complexity index is 525. The zero-order valence-electron chi connectivity index (χ0n) is 11.3. The maximum atomic E-state index is 12.7. The van der Waals surface area contributed by atoms with Gasteiger partial charge in [0.05, 0.1) is 11.1 Å². The average Bonchev–Trinajstić information content (AvgIpc) is 2.46. The Hall–Kier alpha value is -1.08. The van der Waals surface area contributed by atoms with Gasteiger partial charge in [0.1, 0.15) is 0 Å². The number of hydrogen-bond acceptors (Lipinski definition) is 2. The van der Waals surface area contributed by atoms with E-state index in [-0.39, 0.29) is 11.5 Å². The quantitative estimate of drug-likeness (QED) is 0.875. The van der Waals surface area contributed by atoms with E-state index in [1.807, 2.05) is 0 Å². The van der Waals surface area contributed by atoms with E-state index in [0.717, 1.165) is 25.0 Å². The lowest BCUT2D eigenvalue weighted by Gasteiger charge is -2.31. The predicted molar refractivity (Wildman–Crippen MR) is 76.8 cm³/mol. The second kappa shape index (κ2) is 6.36. The van der Waals surface area contributed by atoms with Crippen LogP contribution >= 0.6 is 15.9 Å². The first-order valence-electron chi connectivity index (χ1n) is 6.69. The lowest BCUT2D eigenvalue weighted by atomic mass is 9.96. The molecule has 2 N–H and O–H groups in total. The Morgan fingerprint density at radius 1 is 1.33 bits per heavy atom. The van der Waals surface area contributed by atoms with Crippen molar-refractivity contribution in [1.29, 1.82) is 0 Å². The van der Waals surface area contributed by atoms with Gasteiger partial charge in [0.2, 0.25) is 0 Å². The predicted octanol–water partition coefficient (Wildman–Crippen LogP) is 3.28. The highest BCUT2D eigenvalue weighted by Crippen LogP contribution is 2.32. The molecule has 0 radical (unpaired) electrons. The highest BCUT2D eigenvalue weighted by Gasteiger charge is 2.32. The molecule has 1 aliphatic rings. The summed E-state index contributed by atoms with van der Waals surface area (Å²) >= 11 is 3.16. The monoisotopic (exact) mass is 364 g/mol. The maximum absolute atomic E-state index is 12.7. The van der Waals surface area contributed by atoms with Crippen LogP contribution in [0.3, 0.4) is 0 Å². The fourth-order valence-corrected chi connectivity index (χ4v) is 2.82. The summed E-state index contributed by atoms with van der Waals surface area (Å²) in [5.74, 6) is 0.0162. The van der Waals surface area contributed by atoms with Crippen molar-refractivity contribution in [3.8, 4) is 0 Å². The number of alkyl halides is 3. The fraction of sp³-hybridized carbons (Fsp3) is 0.500. The van der Waals surface area contributed by atoms with Gasteiger partial charge in [0.15, 0.2) is 0 Å². The molecular weight excluding hydrogens is 349 g/mol. The van der Waals surface area contributed by atoms with Gasteiger partial charge in [-0.25, -0.2) is 0 Å².